The summed E-state index contributed by atoms with van der Waals surface area (Å²) in [6.07, 6.45) is 0. The minimum atomic E-state index is -0.987. The number of ether oxygens (including phenoxy) is 1. The average Bonchev–Trinajstić information content (AvgIpc) is 3.23. The molecule has 0 radical (unpaired) electrons. The number of aliphatic carboxylic acids is 1. The molecule has 0 aliphatic carbocycles. The van der Waals surface area contributed by atoms with Gasteiger partial charge < -0.3 is 14.6 Å². The van der Waals surface area contributed by atoms with E-state index in [1.165, 1.54) is 0 Å². The first-order valence-electron chi connectivity index (χ1n) is 7.93. The first-order valence-corrected chi connectivity index (χ1v) is 7.93. The van der Waals surface area contributed by atoms with E-state index < -0.39 is 12.0 Å². The molecule has 5 heteroatoms. The molecule has 0 amide bonds. The van der Waals surface area contributed by atoms with Gasteiger partial charge in [-0.3, -0.25) is 4.90 Å². The fraction of sp³-hybridized carbons (Fsp3) is 0.316. The van der Waals surface area contributed by atoms with Gasteiger partial charge in [0.15, 0.2) is 0 Å². The summed E-state index contributed by atoms with van der Waals surface area (Å²) in [5.74, 6) is -0.702. The van der Waals surface area contributed by atoms with Crippen LogP contribution < -0.4 is 34.7 Å². The van der Waals surface area contributed by atoms with Crippen molar-refractivity contribution in [3.63, 3.8) is 0 Å². The Balaban J connectivity index is 0.00000169. The molecule has 24 heavy (non-hydrogen) atoms. The molecular weight excluding hydrogens is 313 g/mol. The molecule has 0 aromatic heterocycles. The van der Waals surface area contributed by atoms with Crippen LogP contribution in [-0.2, 0) is 9.53 Å². The van der Waals surface area contributed by atoms with E-state index in [9.17, 15) is 9.90 Å². The largest absolute Gasteiger partial charge is 1.00 e. The average molecular weight is 331 g/mol. The van der Waals surface area contributed by atoms with Crippen molar-refractivity contribution >= 4 is 5.97 Å². The predicted molar refractivity (Wildman–Crippen MR) is 83.5 cm³/mol. The van der Waals surface area contributed by atoms with Gasteiger partial charge in [-0.15, -0.1) is 0 Å². The monoisotopic (exact) mass is 331 g/mol. The fourth-order valence-electron chi connectivity index (χ4n) is 3.62. The maximum absolute atomic E-state index is 11.6. The molecule has 2 heterocycles. The molecule has 0 spiro atoms. The van der Waals surface area contributed by atoms with E-state index in [-0.39, 0.29) is 47.6 Å². The van der Waals surface area contributed by atoms with Gasteiger partial charge in [-0.2, -0.15) is 0 Å². The van der Waals surface area contributed by atoms with Crippen molar-refractivity contribution in [1.29, 1.82) is 0 Å². The molecule has 2 fully saturated rings. The molecule has 0 N–H and O–H groups in total. The zero-order valence-electron chi connectivity index (χ0n) is 13.7. The second-order valence-electron chi connectivity index (χ2n) is 6.22. The van der Waals surface area contributed by atoms with Crippen molar-refractivity contribution < 1.29 is 44.2 Å². The summed E-state index contributed by atoms with van der Waals surface area (Å²) in [4.78, 5) is 13.7. The third-order valence-corrected chi connectivity index (χ3v) is 4.82. The Labute approximate surface area is 163 Å². The zero-order valence-corrected chi connectivity index (χ0v) is 15.7. The molecule has 4 nitrogen and oxygen atoms in total. The molecule has 2 aliphatic heterocycles. The number of carbonyl (C=O) groups is 1. The Hall–Kier alpha value is -1.17. The third-order valence-electron chi connectivity index (χ3n) is 4.82. The van der Waals surface area contributed by atoms with E-state index in [2.05, 4.69) is 29.2 Å². The van der Waals surface area contributed by atoms with Gasteiger partial charge in [-0.05, 0) is 11.1 Å². The van der Waals surface area contributed by atoms with E-state index in [1.54, 1.807) is 0 Å². The normalized spacial score (nSPS) is 25.6. The van der Waals surface area contributed by atoms with Gasteiger partial charge in [0.2, 0.25) is 0 Å². The van der Waals surface area contributed by atoms with Crippen molar-refractivity contribution in [3.8, 4) is 0 Å². The van der Waals surface area contributed by atoms with Crippen molar-refractivity contribution in [2.75, 3.05) is 13.2 Å². The van der Waals surface area contributed by atoms with E-state index in [1.807, 2.05) is 36.4 Å². The number of carbonyl (C=O) groups excluding carboxylic acids is 1. The van der Waals surface area contributed by atoms with Crippen molar-refractivity contribution in [2.45, 2.75) is 18.1 Å². The summed E-state index contributed by atoms with van der Waals surface area (Å²) >= 11 is 0. The first kappa shape index (κ1) is 17.6. The third kappa shape index (κ3) is 3.17. The summed E-state index contributed by atoms with van der Waals surface area (Å²) in [5.41, 5.74) is 2.21. The maximum Gasteiger partial charge on any atom is 1.00 e. The van der Waals surface area contributed by atoms with Crippen LogP contribution in [0.1, 0.15) is 17.2 Å². The number of nitrogens with zero attached hydrogens (tertiary/aromatic N) is 1. The Morgan fingerprint density at radius 1 is 1.00 bits per heavy atom. The van der Waals surface area contributed by atoms with Crippen LogP contribution in [0.2, 0.25) is 0 Å². The summed E-state index contributed by atoms with van der Waals surface area (Å²) < 4.78 is 5.26. The molecule has 0 bridgehead atoms. The van der Waals surface area contributed by atoms with Crippen LogP contribution in [0, 0.1) is 5.92 Å². The molecule has 2 aliphatic rings. The van der Waals surface area contributed by atoms with Crippen LogP contribution >= 0.6 is 0 Å². The minimum absolute atomic E-state index is 0. The predicted octanol–water partition coefficient (Wildman–Crippen LogP) is -1.77. The number of hydrogen-bond donors (Lipinski definition) is 0. The van der Waals surface area contributed by atoms with Crippen LogP contribution in [0.4, 0.5) is 0 Å². The molecule has 4 rings (SSSR count). The zero-order chi connectivity index (χ0) is 15.8. The van der Waals surface area contributed by atoms with Crippen molar-refractivity contribution in [2.24, 2.45) is 5.92 Å². The van der Waals surface area contributed by atoms with E-state index in [0.717, 1.165) is 11.1 Å². The summed E-state index contributed by atoms with van der Waals surface area (Å²) in [6, 6.07) is 19.5. The van der Waals surface area contributed by atoms with Crippen molar-refractivity contribution in [3.05, 3.63) is 71.8 Å². The Kier molecular flexibility index (Phi) is 5.42. The summed E-state index contributed by atoms with van der Waals surface area (Å²) in [5, 5.41) is 11.6. The van der Waals surface area contributed by atoms with Gasteiger partial charge >= 0.3 is 29.6 Å². The standard InChI is InChI=1S/C19H19NO3.Na/c21-19(22)18-17(15-11-23-12-15)20(18)16(13-7-3-1-4-8-13)14-9-5-2-6-10-14;/h1-10,15-18H,11-12H2,(H,21,22);/q;+1/p-1/t17-,18+,20?;/m1./s1. The topological polar surface area (TPSA) is 52.4 Å². The second kappa shape index (κ2) is 7.38. The Morgan fingerprint density at radius 3 is 1.88 bits per heavy atom. The van der Waals surface area contributed by atoms with Gasteiger partial charge in [0.1, 0.15) is 0 Å². The molecule has 2 aromatic carbocycles. The van der Waals surface area contributed by atoms with Crippen LogP contribution in [-0.4, -0.2) is 36.2 Å². The van der Waals surface area contributed by atoms with E-state index in [4.69, 9.17) is 4.74 Å². The van der Waals surface area contributed by atoms with Gasteiger partial charge in [-0.25, -0.2) is 0 Å². The maximum atomic E-state index is 11.6. The van der Waals surface area contributed by atoms with Gasteiger partial charge in [-0.1, -0.05) is 60.7 Å². The Morgan fingerprint density at radius 2 is 1.50 bits per heavy atom. The number of benzene rings is 2. The number of carboxylic acids is 1. The molecular formula is C19H18NNaO3. The number of carboxylic acid groups (broad SMARTS) is 1. The first-order chi connectivity index (χ1) is 11.3. The minimum Gasteiger partial charge on any atom is -0.548 e. The smallest absolute Gasteiger partial charge is 0.548 e. The Bertz CT molecular complexity index is 651. The van der Waals surface area contributed by atoms with Crippen LogP contribution in [0.3, 0.4) is 0 Å². The molecule has 2 saturated heterocycles. The van der Waals surface area contributed by atoms with Crippen LogP contribution in [0.15, 0.2) is 60.7 Å². The van der Waals surface area contributed by atoms with Crippen LogP contribution in [0.25, 0.3) is 0 Å². The van der Waals surface area contributed by atoms with Crippen LogP contribution in [0.5, 0.6) is 0 Å². The molecule has 118 valence electrons. The molecule has 1 unspecified atom stereocenters. The molecule has 3 atom stereocenters. The molecule has 0 saturated carbocycles. The number of hydrogen-bond acceptors (Lipinski definition) is 4. The SMILES string of the molecule is O=C([O-])[C@@H]1[C@@H](C2COC2)N1C(c1ccccc1)c1ccccc1.[Na+]. The second-order valence-corrected chi connectivity index (χ2v) is 6.22. The quantitative estimate of drug-likeness (QED) is 0.481. The van der Waals surface area contributed by atoms with Gasteiger partial charge in [0.05, 0.1) is 31.3 Å². The van der Waals surface area contributed by atoms with Gasteiger partial charge in [0, 0.05) is 12.0 Å². The summed E-state index contributed by atoms with van der Waals surface area (Å²) in [7, 11) is 0. The van der Waals surface area contributed by atoms with E-state index in [0.29, 0.717) is 13.2 Å². The van der Waals surface area contributed by atoms with E-state index >= 15 is 0 Å². The fourth-order valence-corrected chi connectivity index (χ4v) is 3.62. The summed E-state index contributed by atoms with van der Waals surface area (Å²) in [6.45, 7) is 1.28. The van der Waals surface area contributed by atoms with Crippen molar-refractivity contribution in [1.82, 2.24) is 4.90 Å². The van der Waals surface area contributed by atoms with Gasteiger partial charge in [0.25, 0.3) is 0 Å². The number of rotatable bonds is 5. The molecule has 2 aromatic rings.